The SMILES string of the molecule is CCC(=NCC(=S)CCc1ccccc1)c1ccc(O)c(C)c1O. The average molecular weight is 341 g/mol. The van der Waals surface area contributed by atoms with Crippen molar-refractivity contribution in [3.8, 4) is 11.5 Å². The molecule has 0 aliphatic heterocycles. The molecule has 0 aliphatic rings. The number of nitrogens with zero attached hydrogens (tertiary/aromatic N) is 1. The topological polar surface area (TPSA) is 52.8 Å². The summed E-state index contributed by atoms with van der Waals surface area (Å²) in [7, 11) is 0. The predicted molar refractivity (Wildman–Crippen MR) is 104 cm³/mol. The van der Waals surface area contributed by atoms with Gasteiger partial charge >= 0.3 is 0 Å². The lowest BCUT2D eigenvalue weighted by atomic mass is 10.0. The molecule has 2 aromatic carbocycles. The standard InChI is InChI=1S/C20H23NO2S/c1-3-18(17-11-12-19(22)14(2)20(17)23)21-13-16(24)10-9-15-7-5-4-6-8-15/h4-8,11-12,22-23H,3,9-10,13H2,1-2H3. The lowest BCUT2D eigenvalue weighted by Gasteiger charge is -2.11. The molecule has 0 saturated heterocycles. The number of hydrogen-bond acceptors (Lipinski definition) is 4. The first-order valence-corrected chi connectivity index (χ1v) is 8.54. The minimum atomic E-state index is 0.0880. The Kier molecular flexibility index (Phi) is 6.50. The summed E-state index contributed by atoms with van der Waals surface area (Å²) < 4.78 is 0. The van der Waals surface area contributed by atoms with Crippen molar-refractivity contribution in [2.24, 2.45) is 4.99 Å². The summed E-state index contributed by atoms with van der Waals surface area (Å²) in [6.45, 7) is 4.16. The fourth-order valence-electron chi connectivity index (χ4n) is 2.50. The Morgan fingerprint density at radius 2 is 1.79 bits per heavy atom. The molecular weight excluding hydrogens is 318 g/mol. The molecular formula is C20H23NO2S. The van der Waals surface area contributed by atoms with E-state index in [4.69, 9.17) is 12.2 Å². The maximum Gasteiger partial charge on any atom is 0.131 e. The van der Waals surface area contributed by atoms with E-state index in [-0.39, 0.29) is 11.5 Å². The van der Waals surface area contributed by atoms with E-state index < -0.39 is 0 Å². The molecule has 0 fully saturated rings. The van der Waals surface area contributed by atoms with Gasteiger partial charge < -0.3 is 10.2 Å². The van der Waals surface area contributed by atoms with Crippen molar-refractivity contribution in [2.45, 2.75) is 33.1 Å². The van der Waals surface area contributed by atoms with Gasteiger partial charge in [-0.2, -0.15) is 0 Å². The average Bonchev–Trinajstić information content (AvgIpc) is 2.61. The Morgan fingerprint density at radius 1 is 1.08 bits per heavy atom. The molecule has 24 heavy (non-hydrogen) atoms. The molecule has 0 unspecified atom stereocenters. The van der Waals surface area contributed by atoms with E-state index in [9.17, 15) is 10.2 Å². The third-order valence-corrected chi connectivity index (χ3v) is 4.36. The molecule has 0 heterocycles. The molecule has 0 aliphatic carbocycles. The molecule has 0 atom stereocenters. The summed E-state index contributed by atoms with van der Waals surface area (Å²) in [5.74, 6) is 0.177. The zero-order valence-electron chi connectivity index (χ0n) is 14.1. The number of aryl methyl sites for hydroxylation is 1. The Balaban J connectivity index is 2.03. The number of aromatic hydroxyl groups is 2. The molecule has 0 bridgehead atoms. The van der Waals surface area contributed by atoms with Crippen LogP contribution in [0, 0.1) is 6.92 Å². The summed E-state index contributed by atoms with van der Waals surface area (Å²) in [5.41, 5.74) is 3.21. The van der Waals surface area contributed by atoms with Crippen LogP contribution in [0.1, 0.15) is 36.5 Å². The predicted octanol–water partition coefficient (Wildman–Crippen LogP) is 4.61. The first-order valence-electron chi connectivity index (χ1n) is 8.13. The molecule has 2 N–H and O–H groups in total. The van der Waals surface area contributed by atoms with Crippen LogP contribution in [0.15, 0.2) is 47.5 Å². The van der Waals surface area contributed by atoms with E-state index in [1.807, 2.05) is 25.1 Å². The van der Waals surface area contributed by atoms with E-state index in [0.717, 1.165) is 23.4 Å². The van der Waals surface area contributed by atoms with Crippen molar-refractivity contribution in [1.82, 2.24) is 0 Å². The third kappa shape index (κ3) is 4.65. The van der Waals surface area contributed by atoms with Gasteiger partial charge in [-0.1, -0.05) is 49.5 Å². The molecule has 2 rings (SSSR count). The van der Waals surface area contributed by atoms with Crippen molar-refractivity contribution in [1.29, 1.82) is 0 Å². The number of thiocarbonyl (C=S) groups is 1. The van der Waals surface area contributed by atoms with Gasteiger partial charge in [0.1, 0.15) is 11.5 Å². The van der Waals surface area contributed by atoms with Gasteiger partial charge in [0, 0.05) is 21.7 Å². The number of rotatable bonds is 7. The smallest absolute Gasteiger partial charge is 0.131 e. The highest BCUT2D eigenvalue weighted by Crippen LogP contribution is 2.30. The van der Waals surface area contributed by atoms with Crippen molar-refractivity contribution in [3.05, 3.63) is 59.2 Å². The lowest BCUT2D eigenvalue weighted by molar-refractivity contribution is 0.442. The molecule has 0 amide bonds. The summed E-state index contributed by atoms with van der Waals surface area (Å²) >= 11 is 5.44. The molecule has 0 saturated carbocycles. The second kappa shape index (κ2) is 8.60. The summed E-state index contributed by atoms with van der Waals surface area (Å²) in [4.78, 5) is 5.49. The van der Waals surface area contributed by atoms with Crippen LogP contribution < -0.4 is 0 Å². The quantitative estimate of drug-likeness (QED) is 0.571. The highest BCUT2D eigenvalue weighted by Gasteiger charge is 2.12. The Bertz CT molecular complexity index is 739. The number of hydrogen-bond donors (Lipinski definition) is 2. The van der Waals surface area contributed by atoms with Gasteiger partial charge in [0.05, 0.1) is 6.54 Å². The Morgan fingerprint density at radius 3 is 2.46 bits per heavy atom. The van der Waals surface area contributed by atoms with Gasteiger partial charge in [-0.25, -0.2) is 0 Å². The third-order valence-electron chi connectivity index (χ3n) is 4.03. The Hall–Kier alpha value is -2.20. The van der Waals surface area contributed by atoms with E-state index >= 15 is 0 Å². The molecule has 0 spiro atoms. The maximum absolute atomic E-state index is 10.2. The van der Waals surface area contributed by atoms with Gasteiger partial charge in [-0.15, -0.1) is 0 Å². The highest BCUT2D eigenvalue weighted by atomic mass is 32.1. The second-order valence-electron chi connectivity index (χ2n) is 5.75. The number of benzene rings is 2. The molecule has 0 radical (unpaired) electrons. The fraction of sp³-hybridized carbons (Fsp3) is 0.300. The van der Waals surface area contributed by atoms with Gasteiger partial charge in [0.2, 0.25) is 0 Å². The summed E-state index contributed by atoms with van der Waals surface area (Å²) in [6.07, 6.45) is 2.43. The summed E-state index contributed by atoms with van der Waals surface area (Å²) in [6, 6.07) is 13.5. The minimum Gasteiger partial charge on any atom is -0.508 e. The van der Waals surface area contributed by atoms with Crippen LogP contribution in [-0.2, 0) is 6.42 Å². The zero-order valence-corrected chi connectivity index (χ0v) is 14.9. The summed E-state index contributed by atoms with van der Waals surface area (Å²) in [5, 5.41) is 19.9. The fourth-order valence-corrected chi connectivity index (χ4v) is 2.67. The highest BCUT2D eigenvalue weighted by molar-refractivity contribution is 7.80. The van der Waals surface area contributed by atoms with Crippen LogP contribution in [-0.4, -0.2) is 27.3 Å². The first-order chi connectivity index (χ1) is 11.5. The largest absolute Gasteiger partial charge is 0.508 e. The normalized spacial score (nSPS) is 11.5. The van der Waals surface area contributed by atoms with Crippen LogP contribution in [0.3, 0.4) is 0 Å². The number of phenolic OH excluding ortho intramolecular Hbond substituents is 2. The van der Waals surface area contributed by atoms with Crippen molar-refractivity contribution in [3.63, 3.8) is 0 Å². The van der Waals surface area contributed by atoms with Gasteiger partial charge in [0.15, 0.2) is 0 Å². The van der Waals surface area contributed by atoms with E-state index in [1.54, 1.807) is 19.1 Å². The monoisotopic (exact) mass is 341 g/mol. The Labute approximate surface area is 148 Å². The van der Waals surface area contributed by atoms with Gasteiger partial charge in [-0.3, -0.25) is 4.99 Å². The molecule has 126 valence electrons. The number of phenols is 2. The zero-order chi connectivity index (χ0) is 17.5. The van der Waals surface area contributed by atoms with E-state index in [0.29, 0.717) is 24.1 Å². The van der Waals surface area contributed by atoms with E-state index in [1.165, 1.54) is 5.56 Å². The van der Waals surface area contributed by atoms with Crippen LogP contribution in [0.4, 0.5) is 0 Å². The van der Waals surface area contributed by atoms with Crippen molar-refractivity contribution in [2.75, 3.05) is 6.54 Å². The van der Waals surface area contributed by atoms with Crippen molar-refractivity contribution >= 4 is 22.8 Å². The molecule has 3 nitrogen and oxygen atoms in total. The van der Waals surface area contributed by atoms with Gasteiger partial charge in [0.25, 0.3) is 0 Å². The maximum atomic E-state index is 10.2. The first kappa shape index (κ1) is 18.1. The molecule has 2 aromatic rings. The van der Waals surface area contributed by atoms with Crippen LogP contribution in [0.2, 0.25) is 0 Å². The van der Waals surface area contributed by atoms with Crippen LogP contribution in [0.5, 0.6) is 11.5 Å². The lowest BCUT2D eigenvalue weighted by Crippen LogP contribution is -2.07. The minimum absolute atomic E-state index is 0.0880. The van der Waals surface area contributed by atoms with Gasteiger partial charge in [-0.05, 0) is 43.9 Å². The van der Waals surface area contributed by atoms with Crippen LogP contribution in [0.25, 0.3) is 0 Å². The second-order valence-corrected chi connectivity index (χ2v) is 6.32. The number of aliphatic imine (C=N–C) groups is 1. The van der Waals surface area contributed by atoms with Crippen LogP contribution >= 0.6 is 12.2 Å². The molecule has 4 heteroatoms. The van der Waals surface area contributed by atoms with Crippen molar-refractivity contribution < 1.29 is 10.2 Å². The van der Waals surface area contributed by atoms with E-state index in [2.05, 4.69) is 17.1 Å². The molecule has 0 aromatic heterocycles.